The smallest absolute Gasteiger partial charge is 0.274 e. The van der Waals surface area contributed by atoms with Crippen molar-refractivity contribution in [2.75, 3.05) is 5.32 Å². The number of aromatic nitrogens is 5. The molecular formula is C11H8N6O2. The first-order chi connectivity index (χ1) is 9.22. The molecule has 0 atom stereocenters. The molecule has 0 saturated carbocycles. The molecule has 0 aliphatic carbocycles. The van der Waals surface area contributed by atoms with E-state index in [0.717, 1.165) is 6.07 Å². The van der Waals surface area contributed by atoms with E-state index in [-0.39, 0.29) is 11.3 Å². The number of nitrogens with zero attached hydrogens (tertiary/aromatic N) is 3. The molecule has 3 N–H and O–H groups in total. The van der Waals surface area contributed by atoms with Crippen molar-refractivity contribution in [2.24, 2.45) is 0 Å². The zero-order valence-corrected chi connectivity index (χ0v) is 9.54. The van der Waals surface area contributed by atoms with Crippen LogP contribution in [-0.4, -0.2) is 31.3 Å². The van der Waals surface area contributed by atoms with E-state index in [1.807, 2.05) is 0 Å². The number of rotatable bonds is 2. The van der Waals surface area contributed by atoms with Crippen LogP contribution in [0.2, 0.25) is 0 Å². The molecule has 94 valence electrons. The van der Waals surface area contributed by atoms with Gasteiger partial charge >= 0.3 is 0 Å². The second kappa shape index (κ2) is 4.33. The maximum absolute atomic E-state index is 11.9. The van der Waals surface area contributed by atoms with E-state index in [1.165, 1.54) is 6.33 Å². The van der Waals surface area contributed by atoms with Gasteiger partial charge in [0.05, 0.1) is 6.33 Å². The van der Waals surface area contributed by atoms with E-state index in [2.05, 4.69) is 30.7 Å². The fourth-order valence-corrected chi connectivity index (χ4v) is 1.61. The Kier molecular flexibility index (Phi) is 2.53. The summed E-state index contributed by atoms with van der Waals surface area (Å²) in [6.45, 7) is 0. The number of carbonyl (C=O) groups is 1. The fraction of sp³-hybridized carbons (Fsp3) is 0. The molecule has 0 aliphatic rings. The number of anilines is 1. The summed E-state index contributed by atoms with van der Waals surface area (Å²) < 4.78 is 0. The van der Waals surface area contributed by atoms with Crippen LogP contribution in [0.15, 0.2) is 35.4 Å². The molecule has 0 radical (unpaired) electrons. The molecule has 3 aromatic rings. The quantitative estimate of drug-likeness (QED) is 0.609. The van der Waals surface area contributed by atoms with E-state index >= 15 is 0 Å². The van der Waals surface area contributed by atoms with Crippen molar-refractivity contribution in [1.82, 2.24) is 25.4 Å². The lowest BCUT2D eigenvalue weighted by Crippen LogP contribution is -2.17. The maximum atomic E-state index is 11.9. The molecule has 0 fully saturated rings. The normalized spacial score (nSPS) is 10.5. The van der Waals surface area contributed by atoms with Gasteiger partial charge in [-0.15, -0.1) is 0 Å². The summed E-state index contributed by atoms with van der Waals surface area (Å²) in [4.78, 5) is 29.1. The van der Waals surface area contributed by atoms with Crippen LogP contribution in [0.3, 0.4) is 0 Å². The monoisotopic (exact) mass is 256 g/mol. The summed E-state index contributed by atoms with van der Waals surface area (Å²) >= 11 is 0. The Balaban J connectivity index is 1.88. The topological polar surface area (TPSA) is 116 Å². The van der Waals surface area contributed by atoms with Gasteiger partial charge in [0.2, 0.25) is 0 Å². The number of amides is 1. The summed E-state index contributed by atoms with van der Waals surface area (Å²) in [5.74, 6) is -0.464. The van der Waals surface area contributed by atoms with E-state index in [1.54, 1.807) is 18.2 Å². The van der Waals surface area contributed by atoms with Gasteiger partial charge in [0, 0.05) is 11.8 Å². The lowest BCUT2D eigenvalue weighted by molar-refractivity contribution is 0.102. The second-order valence-electron chi connectivity index (χ2n) is 3.78. The molecule has 0 bridgehead atoms. The number of H-pyrrole nitrogens is 2. The third-order valence-corrected chi connectivity index (χ3v) is 2.49. The van der Waals surface area contributed by atoms with Crippen LogP contribution in [0, 0.1) is 0 Å². The van der Waals surface area contributed by atoms with Gasteiger partial charge in [-0.05, 0) is 18.2 Å². The van der Waals surface area contributed by atoms with Crippen molar-refractivity contribution in [3.63, 3.8) is 0 Å². The van der Waals surface area contributed by atoms with Crippen LogP contribution >= 0.6 is 0 Å². The lowest BCUT2D eigenvalue weighted by atomic mass is 10.2. The van der Waals surface area contributed by atoms with Crippen LogP contribution in [0.5, 0.6) is 0 Å². The minimum absolute atomic E-state index is 0.0454. The van der Waals surface area contributed by atoms with Crippen molar-refractivity contribution < 1.29 is 4.79 Å². The summed E-state index contributed by atoms with van der Waals surface area (Å²) in [7, 11) is 0. The Bertz CT molecular complexity index is 806. The van der Waals surface area contributed by atoms with Crippen LogP contribution in [0.1, 0.15) is 10.5 Å². The van der Waals surface area contributed by atoms with Gasteiger partial charge in [-0.2, -0.15) is 15.4 Å². The Morgan fingerprint density at radius 3 is 2.84 bits per heavy atom. The zero-order valence-electron chi connectivity index (χ0n) is 9.54. The van der Waals surface area contributed by atoms with Crippen molar-refractivity contribution in [3.05, 3.63) is 46.6 Å². The molecule has 1 aromatic carbocycles. The molecule has 1 amide bonds. The molecular weight excluding hydrogens is 248 g/mol. The first-order valence-electron chi connectivity index (χ1n) is 5.39. The van der Waals surface area contributed by atoms with Gasteiger partial charge in [-0.1, -0.05) is 0 Å². The standard InChI is InChI=1S/C11H8N6O2/c18-10-4-9(12-5-13-10)11(19)14-6-1-2-7-8(3-6)16-17-15-7/h1-5H,(H,14,19)(H,12,13,18)(H,15,16,17). The van der Waals surface area contributed by atoms with Gasteiger partial charge < -0.3 is 10.3 Å². The molecule has 8 heteroatoms. The molecule has 0 spiro atoms. The van der Waals surface area contributed by atoms with Gasteiger partial charge in [0.15, 0.2) is 0 Å². The molecule has 2 heterocycles. The Morgan fingerprint density at radius 1 is 1.16 bits per heavy atom. The highest BCUT2D eigenvalue weighted by Gasteiger charge is 2.09. The summed E-state index contributed by atoms with van der Waals surface area (Å²) in [6.07, 6.45) is 1.18. The number of nitrogens with one attached hydrogen (secondary N) is 3. The molecule has 0 saturated heterocycles. The summed E-state index contributed by atoms with van der Waals surface area (Å²) in [5, 5.41) is 12.9. The number of hydrogen-bond donors (Lipinski definition) is 3. The van der Waals surface area contributed by atoms with Gasteiger partial charge in [-0.25, -0.2) is 4.98 Å². The first-order valence-corrected chi connectivity index (χ1v) is 5.39. The molecule has 0 unspecified atom stereocenters. The third-order valence-electron chi connectivity index (χ3n) is 2.49. The van der Waals surface area contributed by atoms with Crippen molar-refractivity contribution in [2.45, 2.75) is 0 Å². The number of benzene rings is 1. The average molecular weight is 256 g/mol. The van der Waals surface area contributed by atoms with Crippen molar-refractivity contribution >= 4 is 22.6 Å². The highest BCUT2D eigenvalue weighted by Crippen LogP contribution is 2.15. The molecule has 8 nitrogen and oxygen atoms in total. The van der Waals surface area contributed by atoms with Gasteiger partial charge in [-0.3, -0.25) is 9.59 Å². The zero-order chi connectivity index (χ0) is 13.2. The van der Waals surface area contributed by atoms with E-state index in [0.29, 0.717) is 16.7 Å². The Morgan fingerprint density at radius 2 is 2.00 bits per heavy atom. The SMILES string of the molecule is O=C(Nc1ccc2n[nH]nc2c1)c1cc(=O)[nH]cn1. The molecule has 3 rings (SSSR count). The minimum atomic E-state index is -0.464. The molecule has 2 aromatic heterocycles. The predicted molar refractivity (Wildman–Crippen MR) is 66.7 cm³/mol. The lowest BCUT2D eigenvalue weighted by Gasteiger charge is -2.03. The van der Waals surface area contributed by atoms with Crippen LogP contribution in [0.25, 0.3) is 11.0 Å². The van der Waals surface area contributed by atoms with Crippen molar-refractivity contribution in [3.8, 4) is 0 Å². The van der Waals surface area contributed by atoms with Gasteiger partial charge in [0.1, 0.15) is 16.7 Å². The van der Waals surface area contributed by atoms with E-state index in [9.17, 15) is 9.59 Å². The molecule has 0 aliphatic heterocycles. The van der Waals surface area contributed by atoms with Crippen molar-refractivity contribution in [1.29, 1.82) is 0 Å². The summed E-state index contributed by atoms with van der Waals surface area (Å²) in [6, 6.07) is 6.21. The summed E-state index contributed by atoms with van der Waals surface area (Å²) in [5.41, 5.74) is 1.55. The van der Waals surface area contributed by atoms with E-state index < -0.39 is 5.91 Å². The number of hydrogen-bond acceptors (Lipinski definition) is 5. The maximum Gasteiger partial charge on any atom is 0.274 e. The Hall–Kier alpha value is -3.03. The number of fused-ring (bicyclic) bond motifs is 1. The largest absolute Gasteiger partial charge is 0.321 e. The van der Waals surface area contributed by atoms with Crippen LogP contribution in [-0.2, 0) is 0 Å². The van der Waals surface area contributed by atoms with E-state index in [4.69, 9.17) is 0 Å². The fourth-order valence-electron chi connectivity index (χ4n) is 1.61. The number of aromatic amines is 2. The highest BCUT2D eigenvalue weighted by atomic mass is 16.2. The highest BCUT2D eigenvalue weighted by molar-refractivity contribution is 6.03. The minimum Gasteiger partial charge on any atom is -0.321 e. The Labute approximate surface area is 105 Å². The average Bonchev–Trinajstić information content (AvgIpc) is 2.86. The van der Waals surface area contributed by atoms with Gasteiger partial charge in [0.25, 0.3) is 11.5 Å². The number of carbonyl (C=O) groups excluding carboxylic acids is 1. The first kappa shape index (κ1) is 11.1. The van der Waals surface area contributed by atoms with Crippen LogP contribution < -0.4 is 10.9 Å². The third kappa shape index (κ3) is 2.18. The molecule has 19 heavy (non-hydrogen) atoms. The predicted octanol–water partition coefficient (Wildman–Crippen LogP) is 0.293. The second-order valence-corrected chi connectivity index (χ2v) is 3.78. The van der Waals surface area contributed by atoms with Crippen LogP contribution in [0.4, 0.5) is 5.69 Å².